The zero-order chi connectivity index (χ0) is 24.5. The highest BCUT2D eigenvalue weighted by Crippen LogP contribution is 2.24. The number of carbonyl (C=O) groups is 2. The number of nitrogens with one attached hydrogen (secondary N) is 2. The maximum absolute atomic E-state index is 12.4. The summed E-state index contributed by atoms with van der Waals surface area (Å²) in [4.78, 5) is 25.7. The van der Waals surface area contributed by atoms with E-state index < -0.39 is 0 Å². The Morgan fingerprint density at radius 1 is 0.686 bits per heavy atom. The largest absolute Gasteiger partial charge is 0.497 e. The van der Waals surface area contributed by atoms with Gasteiger partial charge in [0.2, 0.25) is 5.91 Å². The quantitative estimate of drug-likeness (QED) is 0.266. The Bertz CT molecular complexity index is 1260. The van der Waals surface area contributed by atoms with Crippen LogP contribution in [0, 0.1) is 0 Å². The first-order valence-corrected chi connectivity index (χ1v) is 11.9. The van der Waals surface area contributed by atoms with Crippen molar-refractivity contribution in [3.63, 3.8) is 0 Å². The Hall–Kier alpha value is -4.23. The second-order valence-electron chi connectivity index (χ2n) is 7.48. The molecule has 0 aromatic heterocycles. The molecule has 0 aliphatic carbocycles. The van der Waals surface area contributed by atoms with Gasteiger partial charge in [0.05, 0.1) is 12.9 Å². The van der Waals surface area contributed by atoms with Crippen molar-refractivity contribution in [2.45, 2.75) is 4.90 Å². The number of carbonyl (C=O) groups excluding carboxylic acids is 2. The van der Waals surface area contributed by atoms with E-state index >= 15 is 0 Å². The third-order valence-corrected chi connectivity index (χ3v) is 5.96. The van der Waals surface area contributed by atoms with Gasteiger partial charge in [-0.2, -0.15) is 0 Å². The number of methoxy groups -OCH3 is 1. The fourth-order valence-electron chi connectivity index (χ4n) is 3.16. The summed E-state index contributed by atoms with van der Waals surface area (Å²) in [5.41, 5.74) is 1.92. The normalized spacial score (nSPS) is 10.3. The third-order valence-electron chi connectivity index (χ3n) is 4.95. The van der Waals surface area contributed by atoms with Gasteiger partial charge in [-0.1, -0.05) is 18.2 Å². The highest BCUT2D eigenvalue weighted by atomic mass is 32.2. The zero-order valence-electron chi connectivity index (χ0n) is 19.1. The van der Waals surface area contributed by atoms with Crippen LogP contribution in [0.4, 0.5) is 11.4 Å². The van der Waals surface area contributed by atoms with Crippen LogP contribution >= 0.6 is 11.8 Å². The Kier molecular flexibility index (Phi) is 8.04. The lowest BCUT2D eigenvalue weighted by Gasteiger charge is -2.09. The van der Waals surface area contributed by atoms with Gasteiger partial charge in [-0.3, -0.25) is 9.59 Å². The van der Waals surface area contributed by atoms with Crippen LogP contribution in [-0.2, 0) is 4.79 Å². The molecule has 35 heavy (non-hydrogen) atoms. The lowest BCUT2D eigenvalue weighted by molar-refractivity contribution is -0.113. The standard InChI is InChI=1S/C28H24N2O4S/c1-33-23-13-7-20(8-14-23)28(32)30-22-11-17-26(18-12-22)35-19-27(31)29-21-9-15-25(16-10-21)34-24-5-3-2-4-6-24/h2-18H,19H2,1H3,(H,29,31)(H,30,32). The topological polar surface area (TPSA) is 76.7 Å². The van der Waals surface area contributed by atoms with Gasteiger partial charge in [0, 0.05) is 21.8 Å². The molecule has 6 nitrogen and oxygen atoms in total. The van der Waals surface area contributed by atoms with Gasteiger partial charge in [-0.25, -0.2) is 0 Å². The van der Waals surface area contributed by atoms with Crippen LogP contribution in [0.5, 0.6) is 17.2 Å². The van der Waals surface area contributed by atoms with E-state index in [9.17, 15) is 9.59 Å². The molecule has 0 spiro atoms. The van der Waals surface area contributed by atoms with Gasteiger partial charge in [0.25, 0.3) is 5.91 Å². The molecule has 4 aromatic rings. The minimum absolute atomic E-state index is 0.108. The Balaban J connectivity index is 1.23. The van der Waals surface area contributed by atoms with Gasteiger partial charge in [-0.15, -0.1) is 11.8 Å². The molecule has 0 heterocycles. The molecule has 0 saturated heterocycles. The molecule has 4 aromatic carbocycles. The van der Waals surface area contributed by atoms with E-state index in [1.54, 1.807) is 43.5 Å². The molecule has 0 saturated carbocycles. The number of hydrogen-bond donors (Lipinski definition) is 2. The van der Waals surface area contributed by atoms with Crippen LogP contribution in [0.3, 0.4) is 0 Å². The van der Waals surface area contributed by atoms with Crippen molar-refractivity contribution in [2.75, 3.05) is 23.5 Å². The predicted molar refractivity (Wildman–Crippen MR) is 140 cm³/mol. The van der Waals surface area contributed by atoms with Gasteiger partial charge in [-0.05, 0) is 84.9 Å². The average Bonchev–Trinajstić information content (AvgIpc) is 2.90. The summed E-state index contributed by atoms with van der Waals surface area (Å²) >= 11 is 1.42. The molecule has 0 radical (unpaired) electrons. The Labute approximate surface area is 208 Å². The first-order valence-electron chi connectivity index (χ1n) is 10.9. The van der Waals surface area contributed by atoms with Crippen LogP contribution < -0.4 is 20.1 Å². The molecule has 2 N–H and O–H groups in total. The molecule has 176 valence electrons. The van der Waals surface area contributed by atoms with Crippen molar-refractivity contribution in [2.24, 2.45) is 0 Å². The van der Waals surface area contributed by atoms with E-state index in [-0.39, 0.29) is 17.6 Å². The maximum atomic E-state index is 12.4. The summed E-state index contributed by atoms with van der Waals surface area (Å²) in [5, 5.41) is 5.75. The molecule has 4 rings (SSSR count). The summed E-state index contributed by atoms with van der Waals surface area (Å²) in [7, 11) is 1.58. The van der Waals surface area contributed by atoms with Crippen molar-refractivity contribution in [1.82, 2.24) is 0 Å². The van der Waals surface area contributed by atoms with Crippen LogP contribution in [0.2, 0.25) is 0 Å². The number of anilines is 2. The predicted octanol–water partition coefficient (Wildman–Crippen LogP) is 6.47. The molecule has 2 amide bonds. The van der Waals surface area contributed by atoms with Crippen molar-refractivity contribution < 1.29 is 19.1 Å². The number of amides is 2. The Morgan fingerprint density at radius 2 is 1.26 bits per heavy atom. The van der Waals surface area contributed by atoms with E-state index in [0.717, 1.165) is 10.6 Å². The third kappa shape index (κ3) is 7.12. The van der Waals surface area contributed by atoms with Crippen molar-refractivity contribution in [3.05, 3.63) is 109 Å². The summed E-state index contributed by atoms with van der Waals surface area (Å²) < 4.78 is 10.9. The second kappa shape index (κ2) is 11.8. The summed E-state index contributed by atoms with van der Waals surface area (Å²) in [6.45, 7) is 0. The molecule has 0 bridgehead atoms. The summed E-state index contributed by atoms with van der Waals surface area (Å²) in [6.07, 6.45) is 0. The number of rotatable bonds is 9. The molecular formula is C28H24N2O4S. The molecule has 0 atom stereocenters. The molecule has 0 fully saturated rings. The van der Waals surface area contributed by atoms with E-state index in [1.165, 1.54) is 11.8 Å². The van der Waals surface area contributed by atoms with E-state index in [4.69, 9.17) is 9.47 Å². The highest BCUT2D eigenvalue weighted by Gasteiger charge is 2.08. The molecular weight excluding hydrogens is 460 g/mol. The Morgan fingerprint density at radius 3 is 1.91 bits per heavy atom. The van der Waals surface area contributed by atoms with Crippen LogP contribution in [0.15, 0.2) is 108 Å². The lowest BCUT2D eigenvalue weighted by Crippen LogP contribution is -2.14. The van der Waals surface area contributed by atoms with Crippen molar-refractivity contribution in [3.8, 4) is 17.2 Å². The first kappa shape index (κ1) is 23.9. The summed E-state index contributed by atoms with van der Waals surface area (Å²) in [6, 6.07) is 31.0. The SMILES string of the molecule is COc1ccc(C(=O)Nc2ccc(SCC(=O)Nc3ccc(Oc4ccccc4)cc3)cc2)cc1. The van der Waals surface area contributed by atoms with E-state index in [0.29, 0.717) is 28.4 Å². The smallest absolute Gasteiger partial charge is 0.255 e. The minimum atomic E-state index is -0.201. The van der Waals surface area contributed by atoms with Gasteiger partial charge >= 0.3 is 0 Å². The molecule has 0 aliphatic heterocycles. The first-order chi connectivity index (χ1) is 17.1. The molecule has 7 heteroatoms. The van der Waals surface area contributed by atoms with Crippen molar-refractivity contribution >= 4 is 35.0 Å². The molecule has 0 unspecified atom stereocenters. The van der Waals surface area contributed by atoms with Gasteiger partial charge in [0.15, 0.2) is 0 Å². The zero-order valence-corrected chi connectivity index (χ0v) is 19.9. The number of benzene rings is 4. The molecule has 0 aliphatic rings. The second-order valence-corrected chi connectivity index (χ2v) is 8.53. The van der Waals surface area contributed by atoms with Gasteiger partial charge < -0.3 is 20.1 Å². The number of para-hydroxylation sites is 1. The monoisotopic (exact) mass is 484 g/mol. The summed E-state index contributed by atoms with van der Waals surface area (Å²) in [5.74, 6) is 2.10. The lowest BCUT2D eigenvalue weighted by atomic mass is 10.2. The fourth-order valence-corrected chi connectivity index (χ4v) is 3.86. The number of ether oxygens (including phenoxy) is 2. The minimum Gasteiger partial charge on any atom is -0.497 e. The number of hydrogen-bond acceptors (Lipinski definition) is 5. The average molecular weight is 485 g/mol. The van der Waals surface area contributed by atoms with E-state index in [2.05, 4.69) is 10.6 Å². The van der Waals surface area contributed by atoms with Crippen LogP contribution in [0.1, 0.15) is 10.4 Å². The van der Waals surface area contributed by atoms with Crippen LogP contribution in [-0.4, -0.2) is 24.7 Å². The van der Waals surface area contributed by atoms with Crippen molar-refractivity contribution in [1.29, 1.82) is 0 Å². The van der Waals surface area contributed by atoms with Crippen LogP contribution in [0.25, 0.3) is 0 Å². The highest BCUT2D eigenvalue weighted by molar-refractivity contribution is 8.00. The van der Waals surface area contributed by atoms with Gasteiger partial charge in [0.1, 0.15) is 17.2 Å². The fraction of sp³-hybridized carbons (Fsp3) is 0.0714. The number of thioether (sulfide) groups is 1. The maximum Gasteiger partial charge on any atom is 0.255 e. The van der Waals surface area contributed by atoms with E-state index in [1.807, 2.05) is 66.7 Å².